The molecule has 2 aromatic carbocycles. The van der Waals surface area contributed by atoms with E-state index < -0.39 is 0 Å². The summed E-state index contributed by atoms with van der Waals surface area (Å²) in [4.78, 5) is 32.8. The third kappa shape index (κ3) is 8.44. The molecule has 1 aliphatic heterocycles. The van der Waals surface area contributed by atoms with Gasteiger partial charge in [-0.3, -0.25) is 9.69 Å². The molecule has 0 spiro atoms. The van der Waals surface area contributed by atoms with Gasteiger partial charge in [0.25, 0.3) is 0 Å². The van der Waals surface area contributed by atoms with E-state index in [9.17, 15) is 9.59 Å². The van der Waals surface area contributed by atoms with Gasteiger partial charge in [-0.05, 0) is 59.1 Å². The highest BCUT2D eigenvalue weighted by Crippen LogP contribution is 2.22. The number of morpholine rings is 1. The zero-order valence-electron chi connectivity index (χ0n) is 21.8. The molecule has 0 saturated carbocycles. The maximum Gasteiger partial charge on any atom is 0.322 e. The van der Waals surface area contributed by atoms with Gasteiger partial charge in [-0.15, -0.1) is 0 Å². The molecule has 8 nitrogen and oxygen atoms in total. The molecular formula is C29H35BrN4O4. The number of aryl methyl sites for hydroxylation is 1. The van der Waals surface area contributed by atoms with E-state index in [4.69, 9.17) is 9.15 Å². The van der Waals surface area contributed by atoms with Crippen LogP contribution in [0.5, 0.6) is 0 Å². The van der Waals surface area contributed by atoms with E-state index >= 15 is 0 Å². The minimum atomic E-state index is -0.305. The number of urea groups is 1. The number of amides is 3. The van der Waals surface area contributed by atoms with Gasteiger partial charge in [-0.1, -0.05) is 42.5 Å². The molecule has 1 aliphatic rings. The third-order valence-corrected chi connectivity index (χ3v) is 7.14. The van der Waals surface area contributed by atoms with Gasteiger partial charge < -0.3 is 24.3 Å². The maximum atomic E-state index is 13.7. The van der Waals surface area contributed by atoms with Crippen LogP contribution in [-0.2, 0) is 22.6 Å². The first-order chi connectivity index (χ1) is 18.5. The van der Waals surface area contributed by atoms with Crippen molar-refractivity contribution in [2.45, 2.75) is 26.4 Å². The predicted octanol–water partition coefficient (Wildman–Crippen LogP) is 5.14. The molecule has 0 aliphatic carbocycles. The molecule has 0 atom stereocenters. The molecule has 4 rings (SSSR count). The molecule has 1 saturated heterocycles. The number of hydrogen-bond donors (Lipinski definition) is 1. The molecule has 202 valence electrons. The summed E-state index contributed by atoms with van der Waals surface area (Å²) >= 11 is 3.49. The van der Waals surface area contributed by atoms with Crippen LogP contribution in [0.2, 0.25) is 0 Å². The number of benzene rings is 2. The molecule has 3 amide bonds. The Morgan fingerprint density at radius 1 is 0.947 bits per heavy atom. The van der Waals surface area contributed by atoms with E-state index in [1.165, 1.54) is 0 Å². The van der Waals surface area contributed by atoms with E-state index in [2.05, 4.69) is 26.1 Å². The van der Waals surface area contributed by atoms with Gasteiger partial charge in [-0.2, -0.15) is 0 Å². The molecule has 0 radical (unpaired) electrons. The summed E-state index contributed by atoms with van der Waals surface area (Å²) in [6, 6.07) is 20.8. The summed E-state index contributed by atoms with van der Waals surface area (Å²) in [5.41, 5.74) is 1.68. The zero-order chi connectivity index (χ0) is 26.7. The Balaban J connectivity index is 1.47. The van der Waals surface area contributed by atoms with Crippen LogP contribution in [-0.4, -0.2) is 72.6 Å². The number of carbonyl (C=O) groups is 2. The maximum absolute atomic E-state index is 13.7. The van der Waals surface area contributed by atoms with Crippen molar-refractivity contribution in [2.24, 2.45) is 0 Å². The smallest absolute Gasteiger partial charge is 0.322 e. The number of rotatable bonds is 11. The molecule has 1 aromatic heterocycles. The molecule has 1 fully saturated rings. The van der Waals surface area contributed by atoms with Crippen molar-refractivity contribution < 1.29 is 18.7 Å². The van der Waals surface area contributed by atoms with Gasteiger partial charge in [0, 0.05) is 37.2 Å². The second-order valence-electron chi connectivity index (χ2n) is 9.39. The van der Waals surface area contributed by atoms with E-state index in [0.717, 1.165) is 55.1 Å². The van der Waals surface area contributed by atoms with Gasteiger partial charge in [-0.25, -0.2) is 4.79 Å². The lowest BCUT2D eigenvalue weighted by Crippen LogP contribution is -2.45. The van der Waals surface area contributed by atoms with Crippen LogP contribution in [0.3, 0.4) is 0 Å². The highest BCUT2D eigenvalue weighted by molar-refractivity contribution is 9.10. The van der Waals surface area contributed by atoms with Crippen molar-refractivity contribution in [3.63, 3.8) is 0 Å². The molecule has 2 heterocycles. The Morgan fingerprint density at radius 2 is 1.68 bits per heavy atom. The fraction of sp³-hybridized carbons (Fsp3) is 0.379. The van der Waals surface area contributed by atoms with E-state index in [1.54, 1.807) is 9.80 Å². The summed E-state index contributed by atoms with van der Waals surface area (Å²) in [5, 5.41) is 2.96. The van der Waals surface area contributed by atoms with Crippen molar-refractivity contribution in [2.75, 3.05) is 51.3 Å². The summed E-state index contributed by atoms with van der Waals surface area (Å²) in [6.07, 6.45) is 0.757. The van der Waals surface area contributed by atoms with Gasteiger partial charge in [0.2, 0.25) is 5.91 Å². The largest absolute Gasteiger partial charge is 0.464 e. The van der Waals surface area contributed by atoms with Crippen molar-refractivity contribution in [1.82, 2.24) is 14.7 Å². The average Bonchev–Trinajstić information content (AvgIpc) is 3.34. The second kappa shape index (κ2) is 14.1. The first-order valence-electron chi connectivity index (χ1n) is 13.0. The number of hydrogen-bond acceptors (Lipinski definition) is 5. The molecule has 0 bridgehead atoms. The van der Waals surface area contributed by atoms with Crippen LogP contribution in [0, 0.1) is 6.92 Å². The van der Waals surface area contributed by atoms with Gasteiger partial charge in [0.05, 0.1) is 25.4 Å². The van der Waals surface area contributed by atoms with Crippen LogP contribution in [0.1, 0.15) is 23.5 Å². The van der Waals surface area contributed by atoms with Crippen LogP contribution in [0.15, 0.2) is 75.6 Å². The minimum absolute atomic E-state index is 0.0358. The Kier molecular flexibility index (Phi) is 10.4. The van der Waals surface area contributed by atoms with Gasteiger partial charge >= 0.3 is 6.03 Å². The molecule has 38 heavy (non-hydrogen) atoms. The lowest BCUT2D eigenvalue weighted by Gasteiger charge is -2.30. The Hall–Kier alpha value is -3.14. The van der Waals surface area contributed by atoms with Gasteiger partial charge in [0.1, 0.15) is 18.1 Å². The number of ether oxygens (including phenoxy) is 1. The molecule has 1 N–H and O–H groups in total. The standard InChI is InChI=1S/C29H35BrN4O4/c1-23-12-13-25(38-23)21-34(20-24-8-3-2-4-9-24)28(35)22-33(15-7-14-32-16-18-37-19-17-32)29(36)31-27-11-6-5-10-26(27)30/h2-6,8-13H,7,14-22H2,1H3,(H,31,36). The highest BCUT2D eigenvalue weighted by atomic mass is 79.9. The quantitative estimate of drug-likeness (QED) is 0.339. The van der Waals surface area contributed by atoms with E-state index in [1.807, 2.05) is 73.7 Å². The number of nitrogens with zero attached hydrogens (tertiary/aromatic N) is 3. The predicted molar refractivity (Wildman–Crippen MR) is 151 cm³/mol. The number of furan rings is 1. The molecular weight excluding hydrogens is 548 g/mol. The number of para-hydroxylation sites is 1. The summed E-state index contributed by atoms with van der Waals surface area (Å²) in [6.45, 7) is 7.12. The third-order valence-electron chi connectivity index (χ3n) is 6.45. The first kappa shape index (κ1) is 27.9. The van der Waals surface area contributed by atoms with Crippen molar-refractivity contribution in [1.29, 1.82) is 0 Å². The Bertz CT molecular complexity index is 1180. The Morgan fingerprint density at radius 3 is 2.39 bits per heavy atom. The molecule has 0 unspecified atom stereocenters. The summed E-state index contributed by atoms with van der Waals surface area (Å²) in [7, 11) is 0. The second-order valence-corrected chi connectivity index (χ2v) is 10.2. The minimum Gasteiger partial charge on any atom is -0.464 e. The number of anilines is 1. The van der Waals surface area contributed by atoms with E-state index in [-0.39, 0.29) is 18.5 Å². The van der Waals surface area contributed by atoms with Crippen LogP contribution in [0.25, 0.3) is 0 Å². The van der Waals surface area contributed by atoms with Crippen molar-refractivity contribution in [3.05, 3.63) is 88.3 Å². The van der Waals surface area contributed by atoms with Crippen LogP contribution >= 0.6 is 15.9 Å². The monoisotopic (exact) mass is 582 g/mol. The zero-order valence-corrected chi connectivity index (χ0v) is 23.4. The Labute approximate surface area is 232 Å². The fourth-order valence-corrected chi connectivity index (χ4v) is 4.76. The summed E-state index contributed by atoms with van der Waals surface area (Å²) in [5.74, 6) is 1.37. The highest BCUT2D eigenvalue weighted by Gasteiger charge is 2.23. The van der Waals surface area contributed by atoms with Gasteiger partial charge in [0.15, 0.2) is 0 Å². The first-order valence-corrected chi connectivity index (χ1v) is 13.7. The fourth-order valence-electron chi connectivity index (χ4n) is 4.38. The number of nitrogens with one attached hydrogen (secondary N) is 1. The lowest BCUT2D eigenvalue weighted by molar-refractivity contribution is -0.133. The lowest BCUT2D eigenvalue weighted by atomic mass is 10.2. The van der Waals surface area contributed by atoms with Crippen LogP contribution in [0.4, 0.5) is 10.5 Å². The molecule has 3 aromatic rings. The number of carbonyl (C=O) groups excluding carboxylic acids is 2. The van der Waals surface area contributed by atoms with E-state index in [0.29, 0.717) is 31.1 Å². The topological polar surface area (TPSA) is 78.3 Å². The van der Waals surface area contributed by atoms with Crippen molar-refractivity contribution >= 4 is 33.6 Å². The average molecular weight is 584 g/mol. The molecule has 9 heteroatoms. The number of halogens is 1. The SMILES string of the molecule is Cc1ccc(CN(Cc2ccccc2)C(=O)CN(CCCN2CCOCC2)C(=O)Nc2ccccc2Br)o1. The summed E-state index contributed by atoms with van der Waals surface area (Å²) < 4.78 is 12.0. The normalized spacial score (nSPS) is 13.7. The van der Waals surface area contributed by atoms with Crippen molar-refractivity contribution in [3.8, 4) is 0 Å². The van der Waals surface area contributed by atoms with Crippen LogP contribution < -0.4 is 5.32 Å².